The first kappa shape index (κ1) is 11.8. The van der Waals surface area contributed by atoms with Gasteiger partial charge in [0, 0.05) is 10.9 Å². The number of carbonyl (C=O) groups excluding carboxylic acids is 1. The molecule has 0 aliphatic carbocycles. The highest BCUT2D eigenvalue weighted by Gasteiger charge is 2.02. The summed E-state index contributed by atoms with van der Waals surface area (Å²) >= 11 is 6.05. The van der Waals surface area contributed by atoms with Crippen LogP contribution in [0, 0.1) is 6.92 Å². The number of carbonyl (C=O) groups is 1. The number of hydrogen-bond acceptors (Lipinski definition) is 2. The van der Waals surface area contributed by atoms with Crippen molar-refractivity contribution >= 4 is 34.4 Å². The minimum atomic E-state index is -0.00888. The molecule has 0 N–H and O–H groups in total. The summed E-state index contributed by atoms with van der Waals surface area (Å²) in [6.07, 6.45) is 3.18. The van der Waals surface area contributed by atoms with Crippen LogP contribution in [0.25, 0.3) is 17.0 Å². The Bertz CT molecular complexity index is 617. The maximum atomic E-state index is 10.9. The van der Waals surface area contributed by atoms with E-state index in [4.69, 9.17) is 11.6 Å². The van der Waals surface area contributed by atoms with Crippen LogP contribution < -0.4 is 0 Å². The van der Waals surface area contributed by atoms with E-state index in [0.29, 0.717) is 5.15 Å². The normalized spacial score (nSPS) is 11.2. The molecule has 0 aliphatic rings. The van der Waals surface area contributed by atoms with E-state index in [1.54, 1.807) is 6.08 Å². The van der Waals surface area contributed by atoms with Crippen molar-refractivity contribution in [2.75, 3.05) is 0 Å². The summed E-state index contributed by atoms with van der Waals surface area (Å²) < 4.78 is 0. The molecule has 0 atom stereocenters. The Kier molecular flexibility index (Phi) is 3.25. The van der Waals surface area contributed by atoms with Crippen LogP contribution in [0.2, 0.25) is 5.15 Å². The molecule has 0 saturated heterocycles. The van der Waals surface area contributed by atoms with Gasteiger partial charge in [-0.05, 0) is 44.2 Å². The molecule has 1 aromatic heterocycles. The number of hydrogen-bond donors (Lipinski definition) is 0. The predicted molar refractivity (Wildman–Crippen MR) is 71.2 cm³/mol. The number of fused-ring (bicyclic) bond motifs is 1. The van der Waals surface area contributed by atoms with E-state index in [9.17, 15) is 4.79 Å². The lowest BCUT2D eigenvalue weighted by Crippen LogP contribution is -1.87. The fourth-order valence-electron chi connectivity index (χ4n) is 1.61. The van der Waals surface area contributed by atoms with E-state index < -0.39 is 0 Å². The lowest BCUT2D eigenvalue weighted by atomic mass is 10.1. The number of ketones is 1. The average molecular weight is 246 g/mol. The van der Waals surface area contributed by atoms with Gasteiger partial charge < -0.3 is 0 Å². The fraction of sp³-hybridized carbons (Fsp3) is 0.143. The van der Waals surface area contributed by atoms with Crippen molar-refractivity contribution in [2.24, 2.45) is 0 Å². The average Bonchev–Trinajstić information content (AvgIpc) is 2.26. The van der Waals surface area contributed by atoms with Crippen LogP contribution in [-0.2, 0) is 4.79 Å². The number of nitrogens with zero attached hydrogens (tertiary/aromatic N) is 1. The van der Waals surface area contributed by atoms with Crippen LogP contribution >= 0.6 is 11.6 Å². The third-order valence-electron chi connectivity index (χ3n) is 2.45. The standard InChI is InChI=1S/C14H12ClNO/c1-9-3-6-13-12(7-9)8-11(14(15)16-13)5-4-10(2)17/h3-8H,1-2H3/b5-4+. The van der Waals surface area contributed by atoms with E-state index >= 15 is 0 Å². The minimum absolute atomic E-state index is 0.00888. The van der Waals surface area contributed by atoms with Crippen LogP contribution in [-0.4, -0.2) is 10.8 Å². The Morgan fingerprint density at radius 2 is 2.12 bits per heavy atom. The van der Waals surface area contributed by atoms with Gasteiger partial charge in [0.1, 0.15) is 5.15 Å². The molecule has 0 fully saturated rings. The Morgan fingerprint density at radius 3 is 2.82 bits per heavy atom. The molecule has 3 heteroatoms. The molecule has 0 amide bonds. The predicted octanol–water partition coefficient (Wildman–Crippen LogP) is 3.80. The summed E-state index contributed by atoms with van der Waals surface area (Å²) in [5, 5.41) is 1.44. The van der Waals surface area contributed by atoms with Crippen LogP contribution in [0.5, 0.6) is 0 Å². The van der Waals surface area contributed by atoms with Crippen molar-refractivity contribution in [3.05, 3.63) is 46.6 Å². The monoisotopic (exact) mass is 245 g/mol. The summed E-state index contributed by atoms with van der Waals surface area (Å²) in [4.78, 5) is 15.2. The third kappa shape index (κ3) is 2.71. The highest BCUT2D eigenvalue weighted by Crippen LogP contribution is 2.22. The zero-order chi connectivity index (χ0) is 12.4. The molecule has 1 heterocycles. The van der Waals surface area contributed by atoms with Gasteiger partial charge in [-0.2, -0.15) is 0 Å². The van der Waals surface area contributed by atoms with Crippen molar-refractivity contribution in [3.63, 3.8) is 0 Å². The molecule has 86 valence electrons. The molecule has 0 unspecified atom stereocenters. The maximum Gasteiger partial charge on any atom is 0.152 e. The summed E-state index contributed by atoms with van der Waals surface area (Å²) in [6, 6.07) is 7.92. The molecule has 2 aromatic rings. The Morgan fingerprint density at radius 1 is 1.35 bits per heavy atom. The number of allylic oxidation sites excluding steroid dienone is 1. The second-order valence-corrected chi connectivity index (χ2v) is 4.37. The van der Waals surface area contributed by atoms with Gasteiger partial charge in [0.25, 0.3) is 0 Å². The summed E-state index contributed by atoms with van der Waals surface area (Å²) in [6.45, 7) is 3.53. The van der Waals surface area contributed by atoms with Crippen molar-refractivity contribution in [2.45, 2.75) is 13.8 Å². The largest absolute Gasteiger partial charge is 0.295 e. The fourth-order valence-corrected chi connectivity index (χ4v) is 1.82. The molecule has 0 saturated carbocycles. The Labute approximate surface area is 105 Å². The second kappa shape index (κ2) is 4.68. The van der Waals surface area contributed by atoms with Gasteiger partial charge in [0.2, 0.25) is 0 Å². The zero-order valence-corrected chi connectivity index (χ0v) is 10.5. The molecule has 0 bridgehead atoms. The van der Waals surface area contributed by atoms with E-state index in [2.05, 4.69) is 4.98 Å². The highest BCUT2D eigenvalue weighted by atomic mass is 35.5. The summed E-state index contributed by atoms with van der Waals surface area (Å²) in [7, 11) is 0. The van der Waals surface area contributed by atoms with Crippen molar-refractivity contribution in [3.8, 4) is 0 Å². The molecule has 0 spiro atoms. The minimum Gasteiger partial charge on any atom is -0.295 e. The number of halogens is 1. The first-order valence-corrected chi connectivity index (χ1v) is 5.69. The van der Waals surface area contributed by atoms with E-state index in [-0.39, 0.29) is 5.78 Å². The van der Waals surface area contributed by atoms with Crippen LogP contribution in [0.4, 0.5) is 0 Å². The van der Waals surface area contributed by atoms with Gasteiger partial charge in [-0.25, -0.2) is 4.98 Å². The SMILES string of the molecule is CC(=O)/C=C/c1cc2cc(C)ccc2nc1Cl. The zero-order valence-electron chi connectivity index (χ0n) is 9.70. The van der Waals surface area contributed by atoms with Crippen molar-refractivity contribution in [1.29, 1.82) is 0 Å². The highest BCUT2D eigenvalue weighted by molar-refractivity contribution is 6.31. The number of benzene rings is 1. The molecular weight excluding hydrogens is 234 g/mol. The third-order valence-corrected chi connectivity index (χ3v) is 2.75. The number of rotatable bonds is 2. The lowest BCUT2D eigenvalue weighted by molar-refractivity contribution is -0.112. The topological polar surface area (TPSA) is 30.0 Å². The van der Waals surface area contributed by atoms with Gasteiger partial charge in [0.15, 0.2) is 5.78 Å². The van der Waals surface area contributed by atoms with Crippen molar-refractivity contribution in [1.82, 2.24) is 4.98 Å². The Balaban J connectivity index is 2.57. The van der Waals surface area contributed by atoms with Gasteiger partial charge in [0.05, 0.1) is 5.52 Å². The van der Waals surface area contributed by atoms with Gasteiger partial charge >= 0.3 is 0 Å². The van der Waals surface area contributed by atoms with Crippen LogP contribution in [0.1, 0.15) is 18.1 Å². The molecule has 17 heavy (non-hydrogen) atoms. The molecule has 0 aliphatic heterocycles. The Hall–Kier alpha value is -1.67. The van der Waals surface area contributed by atoms with Gasteiger partial charge in [-0.15, -0.1) is 0 Å². The maximum absolute atomic E-state index is 10.9. The van der Waals surface area contributed by atoms with Crippen molar-refractivity contribution < 1.29 is 4.79 Å². The summed E-state index contributed by atoms with van der Waals surface area (Å²) in [5.41, 5.74) is 2.80. The molecular formula is C14H12ClNO. The number of aryl methyl sites for hydroxylation is 1. The molecule has 2 rings (SSSR count). The van der Waals surface area contributed by atoms with E-state index in [0.717, 1.165) is 16.5 Å². The number of pyridine rings is 1. The van der Waals surface area contributed by atoms with Gasteiger partial charge in [-0.1, -0.05) is 23.2 Å². The molecule has 1 aromatic carbocycles. The number of aromatic nitrogens is 1. The van der Waals surface area contributed by atoms with E-state index in [1.165, 1.54) is 18.6 Å². The quantitative estimate of drug-likeness (QED) is 0.595. The smallest absolute Gasteiger partial charge is 0.152 e. The first-order chi connectivity index (χ1) is 8.06. The second-order valence-electron chi connectivity index (χ2n) is 4.01. The van der Waals surface area contributed by atoms with Gasteiger partial charge in [-0.3, -0.25) is 4.79 Å². The lowest BCUT2D eigenvalue weighted by Gasteiger charge is -2.03. The van der Waals surface area contributed by atoms with E-state index in [1.807, 2.05) is 31.2 Å². The summed E-state index contributed by atoms with van der Waals surface area (Å²) in [5.74, 6) is -0.00888. The van der Waals surface area contributed by atoms with Crippen LogP contribution in [0.3, 0.4) is 0 Å². The first-order valence-electron chi connectivity index (χ1n) is 5.32. The van der Waals surface area contributed by atoms with Crippen LogP contribution in [0.15, 0.2) is 30.3 Å². The molecule has 2 nitrogen and oxygen atoms in total. The molecule has 0 radical (unpaired) electrons.